The summed E-state index contributed by atoms with van der Waals surface area (Å²) in [7, 11) is 0. The third-order valence-corrected chi connectivity index (χ3v) is 7.95. The molecule has 2 fully saturated rings. The Morgan fingerprint density at radius 2 is 1.77 bits per heavy atom. The fraction of sp³-hybridized carbons (Fsp3) is 0.267. The molecular weight excluding hydrogens is 530 g/mol. The van der Waals surface area contributed by atoms with Crippen molar-refractivity contribution in [1.29, 1.82) is 0 Å². The van der Waals surface area contributed by atoms with Gasteiger partial charge in [0.25, 0.3) is 11.5 Å². The standard InChI is InChI=1S/C30H28ClN5O4/c31-24-16-32-25-15-19(6-11-22(24)25)28(38)34-26-17-35(30(40)18-4-5-18)14-12-23(26)29(39)33-20-7-9-21(10-8-20)36-13-2-1-3-27(36)37/h1-3,6-11,13,15-16,18,23,26,32H,4-5,12,14,17H2,(H,33,39)(H,34,38)/t23-,26-/m0/s1. The van der Waals surface area contributed by atoms with E-state index >= 15 is 0 Å². The van der Waals surface area contributed by atoms with E-state index in [1.54, 1.807) is 71.9 Å². The minimum Gasteiger partial charge on any atom is -0.360 e. The van der Waals surface area contributed by atoms with E-state index in [4.69, 9.17) is 11.6 Å². The number of H-pyrrole nitrogens is 1. The molecule has 0 spiro atoms. The molecule has 1 aliphatic heterocycles. The second kappa shape index (κ2) is 10.7. The Labute approximate surface area is 235 Å². The molecule has 4 aromatic rings. The minimum atomic E-state index is -0.561. The molecule has 2 aromatic carbocycles. The number of halogens is 1. The molecule has 1 saturated heterocycles. The van der Waals surface area contributed by atoms with E-state index in [-0.39, 0.29) is 35.7 Å². The first kappa shape index (κ1) is 25.9. The van der Waals surface area contributed by atoms with Crippen LogP contribution in [0.5, 0.6) is 0 Å². The van der Waals surface area contributed by atoms with Crippen molar-refractivity contribution in [3.63, 3.8) is 0 Å². The van der Waals surface area contributed by atoms with Crippen molar-refractivity contribution in [2.45, 2.75) is 25.3 Å². The number of benzene rings is 2. The number of fused-ring (bicyclic) bond motifs is 1. The van der Waals surface area contributed by atoms with E-state index in [2.05, 4.69) is 15.6 Å². The van der Waals surface area contributed by atoms with Crippen LogP contribution in [0.2, 0.25) is 5.02 Å². The summed E-state index contributed by atoms with van der Waals surface area (Å²) < 4.78 is 1.52. The molecule has 0 radical (unpaired) electrons. The van der Waals surface area contributed by atoms with E-state index in [1.165, 1.54) is 10.6 Å². The van der Waals surface area contributed by atoms with Gasteiger partial charge in [0.05, 0.1) is 17.0 Å². The number of hydrogen-bond donors (Lipinski definition) is 3. The van der Waals surface area contributed by atoms with Crippen molar-refractivity contribution >= 4 is 45.9 Å². The molecule has 1 aliphatic carbocycles. The number of nitrogens with one attached hydrogen (secondary N) is 3. The van der Waals surface area contributed by atoms with Crippen LogP contribution in [-0.4, -0.2) is 51.3 Å². The molecule has 2 aromatic heterocycles. The van der Waals surface area contributed by atoms with Gasteiger partial charge in [0.1, 0.15) is 0 Å². The molecule has 0 unspecified atom stereocenters. The van der Waals surface area contributed by atoms with Gasteiger partial charge >= 0.3 is 0 Å². The van der Waals surface area contributed by atoms with Crippen molar-refractivity contribution in [3.05, 3.63) is 94.0 Å². The predicted octanol–water partition coefficient (Wildman–Crippen LogP) is 3.97. The smallest absolute Gasteiger partial charge is 0.255 e. The van der Waals surface area contributed by atoms with Crippen molar-refractivity contribution in [1.82, 2.24) is 19.8 Å². The number of nitrogens with zero attached hydrogens (tertiary/aromatic N) is 2. The van der Waals surface area contributed by atoms with Crippen LogP contribution >= 0.6 is 11.6 Å². The van der Waals surface area contributed by atoms with E-state index in [9.17, 15) is 19.2 Å². The maximum Gasteiger partial charge on any atom is 0.255 e. The molecule has 204 valence electrons. The first-order chi connectivity index (χ1) is 19.4. The van der Waals surface area contributed by atoms with Gasteiger partial charge in [-0.2, -0.15) is 0 Å². The lowest BCUT2D eigenvalue weighted by molar-refractivity contribution is -0.136. The second-order valence-corrected chi connectivity index (χ2v) is 10.8. The van der Waals surface area contributed by atoms with Crippen LogP contribution in [0.3, 0.4) is 0 Å². The maximum atomic E-state index is 13.5. The Morgan fingerprint density at radius 3 is 2.52 bits per heavy atom. The molecular formula is C30H28ClN5O4. The topological polar surface area (TPSA) is 116 Å². The molecule has 3 N–H and O–H groups in total. The Balaban J connectivity index is 1.19. The number of amides is 3. The average Bonchev–Trinajstić information content (AvgIpc) is 3.75. The van der Waals surface area contributed by atoms with E-state index < -0.39 is 12.0 Å². The zero-order valence-electron chi connectivity index (χ0n) is 21.6. The largest absolute Gasteiger partial charge is 0.360 e. The molecule has 3 heterocycles. The molecule has 10 heteroatoms. The van der Waals surface area contributed by atoms with Gasteiger partial charge in [-0.3, -0.25) is 23.7 Å². The van der Waals surface area contributed by atoms with Crippen LogP contribution in [0.25, 0.3) is 16.6 Å². The molecule has 40 heavy (non-hydrogen) atoms. The molecule has 2 atom stereocenters. The molecule has 0 bridgehead atoms. The molecule has 9 nitrogen and oxygen atoms in total. The van der Waals surface area contributed by atoms with Gasteiger partial charge < -0.3 is 20.5 Å². The number of carbonyl (C=O) groups is 3. The second-order valence-electron chi connectivity index (χ2n) is 10.4. The summed E-state index contributed by atoms with van der Waals surface area (Å²) >= 11 is 6.17. The number of aromatic amines is 1. The quantitative estimate of drug-likeness (QED) is 0.333. The Morgan fingerprint density at radius 1 is 0.975 bits per heavy atom. The average molecular weight is 558 g/mol. The Bertz CT molecular complexity index is 1660. The van der Waals surface area contributed by atoms with Crippen molar-refractivity contribution in [3.8, 4) is 5.69 Å². The summed E-state index contributed by atoms with van der Waals surface area (Å²) in [6.45, 7) is 0.730. The van der Waals surface area contributed by atoms with Gasteiger partial charge in [0.2, 0.25) is 11.8 Å². The van der Waals surface area contributed by atoms with Crippen LogP contribution in [0.15, 0.2) is 77.9 Å². The fourth-order valence-electron chi connectivity index (χ4n) is 5.27. The first-order valence-corrected chi connectivity index (χ1v) is 13.7. The lowest BCUT2D eigenvalue weighted by atomic mass is 9.89. The molecule has 2 aliphatic rings. The third kappa shape index (κ3) is 5.24. The summed E-state index contributed by atoms with van der Waals surface area (Å²) in [5.74, 6) is -0.953. The van der Waals surface area contributed by atoms with Gasteiger partial charge in [0, 0.05) is 65.3 Å². The number of carbonyl (C=O) groups excluding carboxylic acids is 3. The van der Waals surface area contributed by atoms with Gasteiger partial charge in [0.15, 0.2) is 0 Å². The first-order valence-electron chi connectivity index (χ1n) is 13.3. The van der Waals surface area contributed by atoms with Crippen LogP contribution in [0, 0.1) is 11.8 Å². The highest BCUT2D eigenvalue weighted by atomic mass is 35.5. The zero-order valence-corrected chi connectivity index (χ0v) is 22.4. The van der Waals surface area contributed by atoms with Crippen LogP contribution < -0.4 is 16.2 Å². The normalized spacial score (nSPS) is 18.9. The minimum absolute atomic E-state index is 0.0531. The summed E-state index contributed by atoms with van der Waals surface area (Å²) in [4.78, 5) is 56.5. The summed E-state index contributed by atoms with van der Waals surface area (Å²) in [5, 5.41) is 7.37. The number of hydrogen-bond acceptors (Lipinski definition) is 4. The van der Waals surface area contributed by atoms with E-state index in [0.29, 0.717) is 34.9 Å². The lowest BCUT2D eigenvalue weighted by Gasteiger charge is -2.38. The number of piperidine rings is 1. The van der Waals surface area contributed by atoms with Crippen LogP contribution in [0.4, 0.5) is 5.69 Å². The number of rotatable bonds is 6. The van der Waals surface area contributed by atoms with Gasteiger partial charge in [-0.05, 0) is 61.7 Å². The monoisotopic (exact) mass is 557 g/mol. The summed E-state index contributed by atoms with van der Waals surface area (Å²) in [6, 6.07) is 16.6. The van der Waals surface area contributed by atoms with Crippen molar-refractivity contribution in [2.75, 3.05) is 18.4 Å². The third-order valence-electron chi connectivity index (χ3n) is 7.63. The number of aromatic nitrogens is 2. The van der Waals surface area contributed by atoms with Gasteiger partial charge in [-0.25, -0.2) is 0 Å². The number of anilines is 1. The SMILES string of the molecule is O=C(N[C@H]1CN(C(=O)C2CC2)CC[C@@H]1C(=O)Nc1ccc(-n2ccccc2=O)cc1)c1ccc2c(Cl)c[nH]c2c1. The Hall–Kier alpha value is -4.37. The van der Waals surface area contributed by atoms with Crippen molar-refractivity contribution < 1.29 is 14.4 Å². The highest BCUT2D eigenvalue weighted by Gasteiger charge is 2.40. The van der Waals surface area contributed by atoms with Gasteiger partial charge in [-0.15, -0.1) is 0 Å². The highest BCUT2D eigenvalue weighted by Crippen LogP contribution is 2.33. The fourth-order valence-corrected chi connectivity index (χ4v) is 5.48. The van der Waals surface area contributed by atoms with Crippen LogP contribution in [0.1, 0.15) is 29.6 Å². The van der Waals surface area contributed by atoms with Crippen molar-refractivity contribution in [2.24, 2.45) is 11.8 Å². The lowest BCUT2D eigenvalue weighted by Crippen LogP contribution is -2.57. The van der Waals surface area contributed by atoms with Gasteiger partial charge in [-0.1, -0.05) is 23.7 Å². The predicted molar refractivity (Wildman–Crippen MR) is 153 cm³/mol. The highest BCUT2D eigenvalue weighted by molar-refractivity contribution is 6.35. The summed E-state index contributed by atoms with van der Waals surface area (Å²) in [6.07, 6.45) is 5.56. The maximum absolute atomic E-state index is 13.5. The summed E-state index contributed by atoms with van der Waals surface area (Å²) in [5.41, 5.74) is 2.28. The van der Waals surface area contributed by atoms with E-state index in [0.717, 1.165) is 23.7 Å². The number of pyridine rings is 1. The number of likely N-dealkylation sites (tertiary alicyclic amines) is 1. The van der Waals surface area contributed by atoms with E-state index in [1.807, 2.05) is 0 Å². The molecule has 6 rings (SSSR count). The molecule has 3 amide bonds. The zero-order chi connectivity index (χ0) is 27.8. The molecule has 1 saturated carbocycles. The van der Waals surface area contributed by atoms with Crippen LogP contribution in [-0.2, 0) is 9.59 Å². The Kier molecular flexibility index (Phi) is 6.89.